The number of benzene rings is 1. The fourth-order valence-corrected chi connectivity index (χ4v) is 2.14. The van der Waals surface area contributed by atoms with Gasteiger partial charge in [-0.2, -0.15) is 0 Å². The molecule has 1 aliphatic rings. The van der Waals surface area contributed by atoms with Crippen molar-refractivity contribution < 1.29 is 14.3 Å². The van der Waals surface area contributed by atoms with E-state index in [1.165, 1.54) is 0 Å². The monoisotopic (exact) mass is 295 g/mol. The highest BCUT2D eigenvalue weighted by molar-refractivity contribution is 6.30. The quantitative estimate of drug-likeness (QED) is 0.860. The number of halogens is 1. The van der Waals surface area contributed by atoms with Gasteiger partial charge in [0.25, 0.3) is 5.91 Å². The summed E-state index contributed by atoms with van der Waals surface area (Å²) in [4.78, 5) is 14.1. The minimum absolute atomic E-state index is 0.0782. The molecule has 0 fully saturated rings. The van der Waals surface area contributed by atoms with Gasteiger partial charge in [-0.1, -0.05) is 23.7 Å². The molecule has 1 unspecified atom stereocenters. The van der Waals surface area contributed by atoms with Gasteiger partial charge in [0.05, 0.1) is 6.04 Å². The van der Waals surface area contributed by atoms with Crippen LogP contribution < -0.4 is 0 Å². The molecule has 108 valence electrons. The molecule has 0 bridgehead atoms. The van der Waals surface area contributed by atoms with Crippen LogP contribution in [0.5, 0.6) is 0 Å². The number of carbonyl (C=O) groups is 1. The van der Waals surface area contributed by atoms with Crippen molar-refractivity contribution >= 4 is 17.5 Å². The Morgan fingerprint density at radius 1 is 1.25 bits per heavy atom. The number of amides is 1. The van der Waals surface area contributed by atoms with E-state index in [1.54, 1.807) is 18.9 Å². The maximum atomic E-state index is 12.4. The minimum Gasteiger partial charge on any atom is -0.491 e. The number of allylic oxidation sites excluding steroid dienone is 1. The molecule has 0 spiro atoms. The predicted molar refractivity (Wildman–Crippen MR) is 77.2 cm³/mol. The Kier molecular flexibility index (Phi) is 4.55. The number of likely N-dealkylation sites (N-methyl/N-ethyl adjacent to an activating group) is 1. The molecule has 1 amide bonds. The van der Waals surface area contributed by atoms with E-state index in [2.05, 4.69) is 0 Å². The summed E-state index contributed by atoms with van der Waals surface area (Å²) in [6.45, 7) is 4.59. The Hall–Kier alpha value is -1.68. The van der Waals surface area contributed by atoms with Crippen molar-refractivity contribution in [3.05, 3.63) is 46.4 Å². The molecule has 0 radical (unpaired) electrons. The number of ether oxygens (including phenoxy) is 2. The fourth-order valence-electron chi connectivity index (χ4n) is 2.02. The lowest BCUT2D eigenvalue weighted by molar-refractivity contribution is -0.133. The van der Waals surface area contributed by atoms with Crippen LogP contribution in [-0.4, -0.2) is 31.1 Å². The van der Waals surface area contributed by atoms with E-state index in [1.807, 2.05) is 31.2 Å². The maximum Gasteiger partial charge on any atom is 0.292 e. The fraction of sp³-hybridized carbons (Fsp3) is 0.400. The van der Waals surface area contributed by atoms with Crippen molar-refractivity contribution in [2.45, 2.75) is 19.9 Å². The predicted octanol–water partition coefficient (Wildman–Crippen LogP) is 3.14. The van der Waals surface area contributed by atoms with Gasteiger partial charge in [0.2, 0.25) is 5.76 Å². The van der Waals surface area contributed by atoms with E-state index in [4.69, 9.17) is 21.1 Å². The van der Waals surface area contributed by atoms with E-state index < -0.39 is 0 Å². The van der Waals surface area contributed by atoms with Crippen molar-refractivity contribution in [2.24, 2.45) is 0 Å². The average molecular weight is 296 g/mol. The van der Waals surface area contributed by atoms with Gasteiger partial charge in [0, 0.05) is 12.1 Å². The zero-order chi connectivity index (χ0) is 14.7. The first kappa shape index (κ1) is 14.7. The highest BCUT2D eigenvalue weighted by Crippen LogP contribution is 2.24. The van der Waals surface area contributed by atoms with Crippen LogP contribution in [0, 0.1) is 0 Å². The van der Waals surface area contributed by atoms with Crippen LogP contribution in [0.15, 0.2) is 35.8 Å². The third-order valence-corrected chi connectivity index (χ3v) is 3.67. The Morgan fingerprint density at radius 2 is 1.85 bits per heavy atom. The second-order valence-corrected chi connectivity index (χ2v) is 5.16. The third kappa shape index (κ3) is 3.07. The molecule has 0 aromatic heterocycles. The minimum atomic E-state index is -0.176. The van der Waals surface area contributed by atoms with Crippen molar-refractivity contribution in [3.63, 3.8) is 0 Å². The Bertz CT molecular complexity index is 524. The molecule has 0 N–H and O–H groups in total. The van der Waals surface area contributed by atoms with E-state index in [0.717, 1.165) is 5.56 Å². The molecule has 0 saturated heterocycles. The highest BCUT2D eigenvalue weighted by atomic mass is 35.5. The van der Waals surface area contributed by atoms with E-state index >= 15 is 0 Å². The molecular weight excluding hydrogens is 278 g/mol. The smallest absolute Gasteiger partial charge is 0.292 e. The zero-order valence-electron chi connectivity index (χ0n) is 11.9. The topological polar surface area (TPSA) is 38.8 Å². The van der Waals surface area contributed by atoms with Gasteiger partial charge in [-0.15, -0.1) is 0 Å². The van der Waals surface area contributed by atoms with E-state index in [0.29, 0.717) is 29.8 Å². The molecule has 5 heteroatoms. The lowest BCUT2D eigenvalue weighted by Crippen LogP contribution is -2.33. The van der Waals surface area contributed by atoms with Gasteiger partial charge in [-0.05, 0) is 31.5 Å². The molecule has 1 aromatic carbocycles. The Labute approximate surface area is 123 Å². The molecular formula is C15H18ClNO3. The van der Waals surface area contributed by atoms with E-state index in [-0.39, 0.29) is 11.9 Å². The normalized spacial score (nSPS) is 16.2. The van der Waals surface area contributed by atoms with Crippen LogP contribution in [0.1, 0.15) is 25.5 Å². The number of hydrogen-bond donors (Lipinski definition) is 0. The first-order chi connectivity index (χ1) is 9.50. The molecule has 0 aliphatic carbocycles. The number of carbonyl (C=O) groups excluding carboxylic acids is 1. The summed E-state index contributed by atoms with van der Waals surface area (Å²) < 4.78 is 10.8. The molecule has 1 aliphatic heterocycles. The van der Waals surface area contributed by atoms with Gasteiger partial charge < -0.3 is 14.4 Å². The lowest BCUT2D eigenvalue weighted by Gasteiger charge is -2.28. The van der Waals surface area contributed by atoms with Crippen LogP contribution in [0.25, 0.3) is 0 Å². The Morgan fingerprint density at radius 3 is 2.45 bits per heavy atom. The van der Waals surface area contributed by atoms with Crippen LogP contribution in [0.2, 0.25) is 5.02 Å². The first-order valence-electron chi connectivity index (χ1n) is 6.50. The van der Waals surface area contributed by atoms with Gasteiger partial charge in [-0.25, -0.2) is 0 Å². The number of hydrogen-bond acceptors (Lipinski definition) is 3. The summed E-state index contributed by atoms with van der Waals surface area (Å²) in [5.74, 6) is 0.653. The molecule has 0 saturated carbocycles. The molecule has 1 heterocycles. The van der Waals surface area contributed by atoms with Crippen molar-refractivity contribution in [1.29, 1.82) is 0 Å². The first-order valence-corrected chi connectivity index (χ1v) is 6.87. The number of rotatable bonds is 3. The van der Waals surface area contributed by atoms with Crippen LogP contribution in [-0.2, 0) is 14.3 Å². The largest absolute Gasteiger partial charge is 0.491 e. The van der Waals surface area contributed by atoms with Gasteiger partial charge in [0.1, 0.15) is 19.0 Å². The van der Waals surface area contributed by atoms with Crippen LogP contribution in [0.3, 0.4) is 0 Å². The van der Waals surface area contributed by atoms with Crippen molar-refractivity contribution in [1.82, 2.24) is 4.90 Å². The standard InChI is InChI=1S/C15H18ClNO3/c1-10(12-4-6-13(16)7-5-12)17(3)15(18)14-11(2)19-8-9-20-14/h4-7,10H,8-9H2,1-3H3. The molecule has 4 nitrogen and oxygen atoms in total. The van der Waals surface area contributed by atoms with Crippen LogP contribution in [0.4, 0.5) is 0 Å². The molecule has 2 rings (SSSR count). The Balaban J connectivity index is 2.15. The summed E-state index contributed by atoms with van der Waals surface area (Å²) in [6.07, 6.45) is 0. The number of nitrogens with zero attached hydrogens (tertiary/aromatic N) is 1. The molecule has 20 heavy (non-hydrogen) atoms. The average Bonchev–Trinajstić information content (AvgIpc) is 2.46. The van der Waals surface area contributed by atoms with Crippen molar-refractivity contribution in [3.8, 4) is 0 Å². The summed E-state index contributed by atoms with van der Waals surface area (Å²) in [7, 11) is 1.75. The van der Waals surface area contributed by atoms with E-state index in [9.17, 15) is 4.79 Å². The second kappa shape index (κ2) is 6.18. The van der Waals surface area contributed by atoms with Gasteiger partial charge in [0.15, 0.2) is 0 Å². The summed E-state index contributed by atoms with van der Waals surface area (Å²) in [6, 6.07) is 7.38. The molecule has 1 aromatic rings. The second-order valence-electron chi connectivity index (χ2n) is 4.73. The van der Waals surface area contributed by atoms with Gasteiger partial charge >= 0.3 is 0 Å². The van der Waals surface area contributed by atoms with Crippen LogP contribution >= 0.6 is 11.6 Å². The molecule has 1 atom stereocenters. The summed E-state index contributed by atoms with van der Waals surface area (Å²) in [5.41, 5.74) is 1.01. The zero-order valence-corrected chi connectivity index (χ0v) is 12.6. The lowest BCUT2D eigenvalue weighted by atomic mass is 10.1. The highest BCUT2D eigenvalue weighted by Gasteiger charge is 2.26. The SMILES string of the molecule is CC1=C(C(=O)N(C)C(C)c2ccc(Cl)cc2)OCCO1. The van der Waals surface area contributed by atoms with Crippen molar-refractivity contribution in [2.75, 3.05) is 20.3 Å². The van der Waals surface area contributed by atoms with Gasteiger partial charge in [-0.3, -0.25) is 4.79 Å². The summed E-state index contributed by atoms with van der Waals surface area (Å²) in [5, 5.41) is 0.678. The summed E-state index contributed by atoms with van der Waals surface area (Å²) >= 11 is 5.87. The third-order valence-electron chi connectivity index (χ3n) is 3.42. The maximum absolute atomic E-state index is 12.4.